The molecule has 5 N–H and O–H groups in total. The van der Waals surface area contributed by atoms with Gasteiger partial charge < -0.3 is 15.5 Å². The molecule has 1 aromatic heterocycles. The molecule has 0 bridgehead atoms. The van der Waals surface area contributed by atoms with E-state index in [1.807, 2.05) is 24.3 Å². The van der Waals surface area contributed by atoms with Crippen molar-refractivity contribution in [2.75, 3.05) is 0 Å². The number of H-pyrrole nitrogens is 1. The summed E-state index contributed by atoms with van der Waals surface area (Å²) in [4.78, 5) is 36.8. The molecule has 0 fully saturated rings. The lowest BCUT2D eigenvalue weighted by Crippen LogP contribution is -2.48. The van der Waals surface area contributed by atoms with Gasteiger partial charge in [0.05, 0.1) is 0 Å². The summed E-state index contributed by atoms with van der Waals surface area (Å²) >= 11 is 0. The Kier molecular flexibility index (Phi) is 4.62. The zero-order chi connectivity index (χ0) is 16.1. The Balaban J connectivity index is 2.17. The van der Waals surface area contributed by atoms with E-state index < -0.39 is 24.0 Å². The van der Waals surface area contributed by atoms with E-state index in [-0.39, 0.29) is 6.42 Å². The van der Waals surface area contributed by atoms with E-state index in [2.05, 4.69) is 15.8 Å². The van der Waals surface area contributed by atoms with Gasteiger partial charge in [-0.3, -0.25) is 20.4 Å². The van der Waals surface area contributed by atoms with Crippen LogP contribution in [0, 0.1) is 0 Å². The number of aromatic amines is 1. The van der Waals surface area contributed by atoms with Crippen LogP contribution < -0.4 is 16.6 Å². The van der Waals surface area contributed by atoms with Crippen LogP contribution in [-0.2, 0) is 20.7 Å². The van der Waals surface area contributed by atoms with Gasteiger partial charge in [-0.25, -0.2) is 4.79 Å². The molecule has 2 aromatic rings. The summed E-state index contributed by atoms with van der Waals surface area (Å²) in [6, 6.07) is 7.51. The minimum atomic E-state index is -1.15. The summed E-state index contributed by atoms with van der Waals surface area (Å²) in [5, 5.41) is 0.910. The molecule has 0 saturated heterocycles. The number of nitrogens with one attached hydrogen (secondary N) is 3. The summed E-state index contributed by atoms with van der Waals surface area (Å²) in [6.45, 7) is 1.24. The molecule has 3 amide bonds. The third-order valence-corrected chi connectivity index (χ3v) is 2.99. The number of carbonyl (C=O) groups excluding carboxylic acids is 3. The van der Waals surface area contributed by atoms with Crippen molar-refractivity contribution in [2.24, 2.45) is 5.73 Å². The molecular weight excluding hydrogens is 288 g/mol. The quantitative estimate of drug-likeness (QED) is 0.607. The van der Waals surface area contributed by atoms with Crippen molar-refractivity contribution < 1.29 is 19.1 Å². The number of carbonyl (C=O) groups is 3. The number of fused-ring (bicyclic) bond motifs is 1. The lowest BCUT2D eigenvalue weighted by molar-refractivity contribution is -0.133. The highest BCUT2D eigenvalue weighted by molar-refractivity contribution is 5.88. The van der Waals surface area contributed by atoms with E-state index in [4.69, 9.17) is 10.5 Å². The van der Waals surface area contributed by atoms with Gasteiger partial charge in [0.1, 0.15) is 0 Å². The monoisotopic (exact) mass is 304 g/mol. The number of para-hydroxylation sites is 1. The number of primary amides is 1. The lowest BCUT2D eigenvalue weighted by Gasteiger charge is -2.16. The topological polar surface area (TPSA) is 126 Å². The van der Waals surface area contributed by atoms with Crippen LogP contribution in [0.1, 0.15) is 12.5 Å². The molecule has 1 atom stereocenters. The fourth-order valence-corrected chi connectivity index (χ4v) is 2.06. The van der Waals surface area contributed by atoms with Gasteiger partial charge in [0, 0.05) is 30.4 Å². The number of benzene rings is 1. The molecule has 1 heterocycles. The summed E-state index contributed by atoms with van der Waals surface area (Å²) in [5.41, 5.74) is 11.0. The Morgan fingerprint density at radius 3 is 2.68 bits per heavy atom. The van der Waals surface area contributed by atoms with E-state index in [1.54, 1.807) is 6.20 Å². The smallest absolute Gasteiger partial charge is 0.405 e. The number of nitrogens with two attached hydrogens (primary N) is 1. The van der Waals surface area contributed by atoms with Gasteiger partial charge in [-0.15, -0.1) is 0 Å². The summed E-state index contributed by atoms with van der Waals surface area (Å²) in [6.07, 6.45) is -0.363. The average molecular weight is 304 g/mol. The second-order valence-corrected chi connectivity index (χ2v) is 4.66. The summed E-state index contributed by atoms with van der Waals surface area (Å²) in [5.74, 6) is -1.11. The average Bonchev–Trinajstić information content (AvgIpc) is 2.87. The van der Waals surface area contributed by atoms with E-state index in [0.717, 1.165) is 16.5 Å². The van der Waals surface area contributed by atoms with Crippen LogP contribution in [0.2, 0.25) is 0 Å². The number of aromatic nitrogens is 1. The zero-order valence-electron chi connectivity index (χ0n) is 11.9. The van der Waals surface area contributed by atoms with Crippen LogP contribution in [0.25, 0.3) is 10.9 Å². The van der Waals surface area contributed by atoms with Crippen LogP contribution in [0.15, 0.2) is 30.5 Å². The van der Waals surface area contributed by atoms with Crippen molar-refractivity contribution in [3.05, 3.63) is 36.0 Å². The standard InChI is InChI=1S/C14H16N4O4/c1-8(19)17-18-13(20)12(22-14(15)21)6-9-7-16-11-5-3-2-4-10(9)11/h2-5,7,12,16H,6H2,1H3,(H2,15,21)(H,17,19)(H,18,20)/t12-/m0/s1. The van der Waals surface area contributed by atoms with Crippen molar-refractivity contribution >= 4 is 28.8 Å². The number of ether oxygens (including phenoxy) is 1. The molecule has 0 saturated carbocycles. The Morgan fingerprint density at radius 2 is 2.00 bits per heavy atom. The molecule has 0 unspecified atom stereocenters. The predicted octanol–water partition coefficient (Wildman–Crippen LogP) is 0.342. The minimum absolute atomic E-state index is 0.123. The second kappa shape index (κ2) is 6.61. The van der Waals surface area contributed by atoms with Crippen molar-refractivity contribution in [2.45, 2.75) is 19.4 Å². The minimum Gasteiger partial charge on any atom is -0.436 e. The molecule has 1 aromatic carbocycles. The van der Waals surface area contributed by atoms with Gasteiger partial charge >= 0.3 is 6.09 Å². The predicted molar refractivity (Wildman–Crippen MR) is 78.4 cm³/mol. The van der Waals surface area contributed by atoms with Crippen LogP contribution in [-0.4, -0.2) is 29.0 Å². The number of hydrazine groups is 1. The van der Waals surface area contributed by atoms with Crippen molar-refractivity contribution in [3.8, 4) is 0 Å². The fraction of sp³-hybridized carbons (Fsp3) is 0.214. The maximum Gasteiger partial charge on any atom is 0.405 e. The molecular formula is C14H16N4O4. The Bertz CT molecular complexity index is 710. The number of amides is 3. The second-order valence-electron chi connectivity index (χ2n) is 4.66. The van der Waals surface area contributed by atoms with E-state index in [0.29, 0.717) is 0 Å². The first-order valence-corrected chi connectivity index (χ1v) is 6.55. The third kappa shape index (κ3) is 3.75. The van der Waals surface area contributed by atoms with Gasteiger partial charge in [0.2, 0.25) is 5.91 Å². The van der Waals surface area contributed by atoms with Crippen molar-refractivity contribution in [1.82, 2.24) is 15.8 Å². The molecule has 22 heavy (non-hydrogen) atoms. The van der Waals surface area contributed by atoms with Gasteiger partial charge in [0.15, 0.2) is 6.10 Å². The highest BCUT2D eigenvalue weighted by Gasteiger charge is 2.24. The number of hydrogen-bond acceptors (Lipinski definition) is 4. The molecule has 8 nitrogen and oxygen atoms in total. The van der Waals surface area contributed by atoms with E-state index >= 15 is 0 Å². The van der Waals surface area contributed by atoms with Crippen molar-refractivity contribution in [3.63, 3.8) is 0 Å². The maximum atomic E-state index is 12.0. The molecule has 0 aliphatic heterocycles. The third-order valence-electron chi connectivity index (χ3n) is 2.99. The van der Waals surface area contributed by atoms with Gasteiger partial charge in [-0.2, -0.15) is 0 Å². The van der Waals surface area contributed by atoms with Gasteiger partial charge in [-0.05, 0) is 11.6 Å². The van der Waals surface area contributed by atoms with Crippen LogP contribution in [0.4, 0.5) is 4.79 Å². The molecule has 116 valence electrons. The molecule has 2 rings (SSSR count). The summed E-state index contributed by atoms with van der Waals surface area (Å²) < 4.78 is 4.83. The Labute approximate surface area is 126 Å². The summed E-state index contributed by atoms with van der Waals surface area (Å²) in [7, 11) is 0. The van der Waals surface area contributed by atoms with Gasteiger partial charge in [0.25, 0.3) is 5.91 Å². The lowest BCUT2D eigenvalue weighted by atomic mass is 10.1. The molecule has 8 heteroatoms. The fourth-order valence-electron chi connectivity index (χ4n) is 2.06. The highest BCUT2D eigenvalue weighted by atomic mass is 16.6. The number of rotatable bonds is 4. The zero-order valence-corrected chi connectivity index (χ0v) is 11.9. The molecule has 0 aliphatic rings. The largest absolute Gasteiger partial charge is 0.436 e. The first-order chi connectivity index (χ1) is 10.5. The van der Waals surface area contributed by atoms with Crippen LogP contribution in [0.5, 0.6) is 0 Å². The highest BCUT2D eigenvalue weighted by Crippen LogP contribution is 2.19. The van der Waals surface area contributed by atoms with Crippen LogP contribution >= 0.6 is 0 Å². The molecule has 0 radical (unpaired) electrons. The molecule has 0 spiro atoms. The SMILES string of the molecule is CC(=O)NNC(=O)[C@H](Cc1c[nH]c2ccccc12)OC(N)=O. The first-order valence-electron chi connectivity index (χ1n) is 6.55. The van der Waals surface area contributed by atoms with Crippen molar-refractivity contribution in [1.29, 1.82) is 0 Å². The first kappa shape index (κ1) is 15.4. The van der Waals surface area contributed by atoms with Crippen LogP contribution in [0.3, 0.4) is 0 Å². The Hall–Kier alpha value is -3.03. The van der Waals surface area contributed by atoms with Gasteiger partial charge in [-0.1, -0.05) is 18.2 Å². The van der Waals surface area contributed by atoms with E-state index in [9.17, 15) is 14.4 Å². The van der Waals surface area contributed by atoms with E-state index in [1.165, 1.54) is 6.92 Å². The number of hydrogen-bond donors (Lipinski definition) is 4. The Morgan fingerprint density at radius 1 is 1.27 bits per heavy atom. The molecule has 0 aliphatic carbocycles. The maximum absolute atomic E-state index is 12.0. The normalized spacial score (nSPS) is 11.7.